The van der Waals surface area contributed by atoms with Crippen molar-refractivity contribution < 1.29 is 28.5 Å². The highest BCUT2D eigenvalue weighted by atomic mass is 16.7. The zero-order valence-corrected chi connectivity index (χ0v) is 12.3. The average Bonchev–Trinajstić information content (AvgIpc) is 2.98. The molecule has 0 radical (unpaired) electrons. The first-order valence-electron chi connectivity index (χ1n) is 6.49. The lowest BCUT2D eigenvalue weighted by Gasteiger charge is -2.18. The maximum atomic E-state index is 12.0. The van der Waals surface area contributed by atoms with Crippen molar-refractivity contribution in [1.82, 2.24) is 5.32 Å². The molecule has 0 saturated heterocycles. The van der Waals surface area contributed by atoms with Crippen LogP contribution in [0.1, 0.15) is 11.6 Å². The highest BCUT2D eigenvalue weighted by Crippen LogP contribution is 2.43. The quantitative estimate of drug-likeness (QED) is 0.591. The van der Waals surface area contributed by atoms with Crippen LogP contribution in [0, 0.1) is 0 Å². The van der Waals surface area contributed by atoms with E-state index >= 15 is 0 Å². The Morgan fingerprint density at radius 2 is 2.14 bits per heavy atom. The molecule has 0 fully saturated rings. The Bertz CT molecular complexity index is 504. The highest BCUT2D eigenvalue weighted by molar-refractivity contribution is 5.78. The lowest BCUT2D eigenvalue weighted by Crippen LogP contribution is -2.32. The van der Waals surface area contributed by atoms with Gasteiger partial charge in [0.2, 0.25) is 12.5 Å². The minimum atomic E-state index is -0.631. The standard InChI is InChI=1S/C14H19NO6/c1-17-5-4-15-12(14(16)19-3)9-6-10(18-2)13-11(7-9)20-8-21-13/h6-7,12,15H,4-5,8H2,1-3H3. The number of carbonyl (C=O) groups is 1. The maximum absolute atomic E-state index is 12.0. The van der Waals surface area contributed by atoms with E-state index in [4.69, 9.17) is 23.7 Å². The lowest BCUT2D eigenvalue weighted by atomic mass is 10.1. The van der Waals surface area contributed by atoms with Crippen molar-refractivity contribution in [3.63, 3.8) is 0 Å². The van der Waals surface area contributed by atoms with E-state index in [0.29, 0.717) is 36.0 Å². The van der Waals surface area contributed by atoms with Crippen molar-refractivity contribution in [1.29, 1.82) is 0 Å². The van der Waals surface area contributed by atoms with E-state index in [2.05, 4.69) is 5.32 Å². The number of benzene rings is 1. The number of hydrogen-bond acceptors (Lipinski definition) is 7. The van der Waals surface area contributed by atoms with E-state index < -0.39 is 12.0 Å². The number of methoxy groups -OCH3 is 3. The number of fused-ring (bicyclic) bond motifs is 1. The van der Waals surface area contributed by atoms with E-state index in [0.717, 1.165) is 0 Å². The van der Waals surface area contributed by atoms with Crippen molar-refractivity contribution in [2.75, 3.05) is 41.3 Å². The van der Waals surface area contributed by atoms with Gasteiger partial charge in [-0.25, -0.2) is 4.79 Å². The molecule has 1 aromatic carbocycles. The third kappa shape index (κ3) is 3.37. The van der Waals surface area contributed by atoms with Gasteiger partial charge in [-0.2, -0.15) is 0 Å². The number of rotatable bonds is 7. The van der Waals surface area contributed by atoms with Crippen LogP contribution in [-0.4, -0.2) is 47.2 Å². The fourth-order valence-corrected chi connectivity index (χ4v) is 2.08. The van der Waals surface area contributed by atoms with Crippen molar-refractivity contribution in [3.8, 4) is 17.2 Å². The van der Waals surface area contributed by atoms with Crippen molar-refractivity contribution in [2.45, 2.75) is 6.04 Å². The van der Waals surface area contributed by atoms with Crippen LogP contribution in [0.2, 0.25) is 0 Å². The van der Waals surface area contributed by atoms with Gasteiger partial charge in [0.1, 0.15) is 6.04 Å². The largest absolute Gasteiger partial charge is 0.493 e. The second-order valence-corrected chi connectivity index (χ2v) is 4.36. The van der Waals surface area contributed by atoms with E-state index in [1.165, 1.54) is 14.2 Å². The molecule has 1 atom stereocenters. The van der Waals surface area contributed by atoms with Gasteiger partial charge in [0.05, 0.1) is 20.8 Å². The molecule has 1 aliphatic rings. The summed E-state index contributed by atoms with van der Waals surface area (Å²) < 4.78 is 25.8. The molecule has 0 saturated carbocycles. The number of carbonyl (C=O) groups excluding carboxylic acids is 1. The molecule has 0 amide bonds. The summed E-state index contributed by atoms with van der Waals surface area (Å²) in [6.45, 7) is 1.12. The van der Waals surface area contributed by atoms with Crippen LogP contribution in [0.4, 0.5) is 0 Å². The van der Waals surface area contributed by atoms with Crippen molar-refractivity contribution in [2.24, 2.45) is 0 Å². The Hall–Kier alpha value is -1.99. The highest BCUT2D eigenvalue weighted by Gasteiger charge is 2.27. The van der Waals surface area contributed by atoms with Gasteiger partial charge in [0, 0.05) is 13.7 Å². The summed E-state index contributed by atoms with van der Waals surface area (Å²) in [5.74, 6) is 1.21. The summed E-state index contributed by atoms with van der Waals surface area (Å²) in [5, 5.41) is 3.08. The molecular formula is C14H19NO6. The molecule has 2 rings (SSSR count). The minimum Gasteiger partial charge on any atom is -0.493 e. The zero-order valence-electron chi connectivity index (χ0n) is 12.3. The molecule has 0 bridgehead atoms. The van der Waals surface area contributed by atoms with Gasteiger partial charge >= 0.3 is 5.97 Å². The molecule has 1 aromatic rings. The van der Waals surface area contributed by atoms with E-state index in [-0.39, 0.29) is 6.79 Å². The Kier molecular flexibility index (Phi) is 5.24. The minimum absolute atomic E-state index is 0.134. The monoisotopic (exact) mass is 297 g/mol. The molecule has 0 aliphatic carbocycles. The van der Waals surface area contributed by atoms with Crippen molar-refractivity contribution >= 4 is 5.97 Å². The summed E-state index contributed by atoms with van der Waals surface area (Å²) in [6.07, 6.45) is 0. The van der Waals surface area contributed by atoms with Crippen LogP contribution in [0.25, 0.3) is 0 Å². The summed E-state index contributed by atoms with van der Waals surface area (Å²) in [7, 11) is 4.47. The Morgan fingerprint density at radius 3 is 2.81 bits per heavy atom. The van der Waals surface area contributed by atoms with Crippen LogP contribution in [0.5, 0.6) is 17.2 Å². The molecule has 1 heterocycles. The maximum Gasteiger partial charge on any atom is 0.327 e. The Labute approximate surface area is 123 Å². The fraction of sp³-hybridized carbons (Fsp3) is 0.500. The topological polar surface area (TPSA) is 75.3 Å². The van der Waals surface area contributed by atoms with Crippen LogP contribution in [0.15, 0.2) is 12.1 Å². The van der Waals surface area contributed by atoms with Gasteiger partial charge < -0.3 is 23.7 Å². The normalized spacial score (nSPS) is 13.9. The van der Waals surface area contributed by atoms with E-state index in [9.17, 15) is 4.79 Å². The van der Waals surface area contributed by atoms with Crippen LogP contribution in [-0.2, 0) is 14.3 Å². The molecule has 0 spiro atoms. The second kappa shape index (κ2) is 7.14. The van der Waals surface area contributed by atoms with Gasteiger partial charge in [-0.1, -0.05) is 0 Å². The zero-order chi connectivity index (χ0) is 15.2. The van der Waals surface area contributed by atoms with Gasteiger partial charge in [0.25, 0.3) is 0 Å². The van der Waals surface area contributed by atoms with Crippen molar-refractivity contribution in [3.05, 3.63) is 17.7 Å². The first-order valence-corrected chi connectivity index (χ1v) is 6.49. The summed E-state index contributed by atoms with van der Waals surface area (Å²) in [5.41, 5.74) is 0.680. The smallest absolute Gasteiger partial charge is 0.327 e. The molecule has 7 heteroatoms. The Morgan fingerprint density at radius 1 is 1.33 bits per heavy atom. The first-order chi connectivity index (χ1) is 10.2. The number of nitrogens with one attached hydrogen (secondary N) is 1. The number of hydrogen-bond donors (Lipinski definition) is 1. The summed E-state index contributed by atoms with van der Waals surface area (Å²) >= 11 is 0. The van der Waals surface area contributed by atoms with E-state index in [1.807, 2.05) is 0 Å². The molecule has 1 unspecified atom stereocenters. The van der Waals surface area contributed by atoms with Crippen LogP contribution < -0.4 is 19.5 Å². The molecule has 7 nitrogen and oxygen atoms in total. The summed E-state index contributed by atoms with van der Waals surface area (Å²) in [6, 6.07) is 2.84. The first kappa shape index (κ1) is 15.4. The average molecular weight is 297 g/mol. The molecular weight excluding hydrogens is 278 g/mol. The van der Waals surface area contributed by atoms with Gasteiger partial charge in [-0.3, -0.25) is 5.32 Å². The van der Waals surface area contributed by atoms with E-state index in [1.54, 1.807) is 19.2 Å². The van der Waals surface area contributed by atoms with Gasteiger partial charge in [-0.15, -0.1) is 0 Å². The van der Waals surface area contributed by atoms with Crippen LogP contribution in [0.3, 0.4) is 0 Å². The molecule has 1 N–H and O–H groups in total. The van der Waals surface area contributed by atoms with Gasteiger partial charge in [0.15, 0.2) is 11.5 Å². The fourth-order valence-electron chi connectivity index (χ4n) is 2.08. The van der Waals surface area contributed by atoms with Gasteiger partial charge in [-0.05, 0) is 17.7 Å². The molecule has 21 heavy (non-hydrogen) atoms. The van der Waals surface area contributed by atoms with Crippen LogP contribution >= 0.6 is 0 Å². The third-order valence-electron chi connectivity index (χ3n) is 3.11. The lowest BCUT2D eigenvalue weighted by molar-refractivity contribution is -0.143. The predicted molar refractivity (Wildman–Crippen MR) is 73.8 cm³/mol. The predicted octanol–water partition coefficient (Wildman–Crippen LogP) is 0.874. The Balaban J connectivity index is 2.28. The molecule has 0 aromatic heterocycles. The molecule has 116 valence electrons. The second-order valence-electron chi connectivity index (χ2n) is 4.36. The summed E-state index contributed by atoms with van der Waals surface area (Å²) in [4.78, 5) is 12.0. The molecule has 1 aliphatic heterocycles. The third-order valence-corrected chi connectivity index (χ3v) is 3.11. The number of esters is 1. The SMILES string of the molecule is COCCNC(C(=O)OC)c1cc(OC)c2c(c1)OCO2. The number of ether oxygens (including phenoxy) is 5.